The second-order valence-corrected chi connectivity index (χ2v) is 5.93. The fraction of sp³-hybridized carbons (Fsp3) is 0.647. The molecule has 0 bridgehead atoms. The molecular formula is C17H27NO3. The monoisotopic (exact) mass is 293 g/mol. The molecule has 1 saturated heterocycles. The van der Waals surface area contributed by atoms with Crippen LogP contribution in [0.15, 0.2) is 18.2 Å². The maximum atomic E-state index is 10.2. The summed E-state index contributed by atoms with van der Waals surface area (Å²) in [6, 6.07) is 6.52. The third-order valence-corrected chi connectivity index (χ3v) is 4.13. The topological polar surface area (TPSA) is 41.9 Å². The zero-order valence-electron chi connectivity index (χ0n) is 13.3. The normalized spacial score (nSPS) is 20.7. The van der Waals surface area contributed by atoms with E-state index in [4.69, 9.17) is 9.47 Å². The second kappa shape index (κ2) is 7.78. The van der Waals surface area contributed by atoms with Gasteiger partial charge >= 0.3 is 0 Å². The molecule has 118 valence electrons. The molecule has 1 aliphatic heterocycles. The quantitative estimate of drug-likeness (QED) is 0.836. The summed E-state index contributed by atoms with van der Waals surface area (Å²) in [6.07, 6.45) is 1.86. The van der Waals surface area contributed by atoms with E-state index in [0.717, 1.165) is 36.4 Å². The van der Waals surface area contributed by atoms with E-state index in [2.05, 4.69) is 4.90 Å². The number of aryl methyl sites for hydroxylation is 2. The van der Waals surface area contributed by atoms with Gasteiger partial charge in [-0.1, -0.05) is 18.2 Å². The van der Waals surface area contributed by atoms with Gasteiger partial charge in [-0.15, -0.1) is 0 Å². The predicted molar refractivity (Wildman–Crippen MR) is 83.9 cm³/mol. The van der Waals surface area contributed by atoms with Crippen molar-refractivity contribution in [1.82, 2.24) is 4.90 Å². The molecule has 2 unspecified atom stereocenters. The third-order valence-electron chi connectivity index (χ3n) is 4.13. The van der Waals surface area contributed by atoms with Crippen molar-refractivity contribution in [1.29, 1.82) is 0 Å². The first kappa shape index (κ1) is 16.3. The predicted octanol–water partition coefficient (Wildman–Crippen LogP) is 2.15. The Morgan fingerprint density at radius 2 is 2.05 bits per heavy atom. The molecule has 1 N–H and O–H groups in total. The first-order chi connectivity index (χ1) is 10.1. The molecule has 0 aromatic heterocycles. The van der Waals surface area contributed by atoms with Crippen LogP contribution in [0.4, 0.5) is 0 Å². The van der Waals surface area contributed by atoms with Gasteiger partial charge in [0.2, 0.25) is 0 Å². The largest absolute Gasteiger partial charge is 0.490 e. The van der Waals surface area contributed by atoms with E-state index >= 15 is 0 Å². The summed E-state index contributed by atoms with van der Waals surface area (Å²) < 4.78 is 11.1. The van der Waals surface area contributed by atoms with Crippen molar-refractivity contribution in [3.63, 3.8) is 0 Å². The molecule has 1 heterocycles. The molecule has 1 aromatic rings. The minimum absolute atomic E-state index is 0.335. The molecule has 1 fully saturated rings. The SMILES string of the molecule is COCC1CCCN1CC(O)COc1c(C)cccc1C. The summed E-state index contributed by atoms with van der Waals surface area (Å²) in [5.41, 5.74) is 2.22. The van der Waals surface area contributed by atoms with Crippen molar-refractivity contribution in [2.75, 3.05) is 33.4 Å². The van der Waals surface area contributed by atoms with Crippen LogP contribution in [-0.2, 0) is 4.74 Å². The van der Waals surface area contributed by atoms with E-state index in [9.17, 15) is 5.11 Å². The number of aliphatic hydroxyl groups excluding tert-OH is 1. The summed E-state index contributed by atoms with van der Waals surface area (Å²) in [4.78, 5) is 2.31. The van der Waals surface area contributed by atoms with Gasteiger partial charge in [0.15, 0.2) is 0 Å². The fourth-order valence-corrected chi connectivity index (χ4v) is 3.05. The molecule has 0 amide bonds. The average molecular weight is 293 g/mol. The van der Waals surface area contributed by atoms with Gasteiger partial charge in [0.1, 0.15) is 18.5 Å². The summed E-state index contributed by atoms with van der Waals surface area (Å²) in [7, 11) is 1.73. The van der Waals surface area contributed by atoms with Crippen molar-refractivity contribution < 1.29 is 14.6 Å². The number of rotatable bonds is 7. The number of nitrogens with zero attached hydrogens (tertiary/aromatic N) is 1. The number of ether oxygens (including phenoxy) is 2. The molecule has 0 saturated carbocycles. The van der Waals surface area contributed by atoms with Gasteiger partial charge in [0.05, 0.1) is 6.61 Å². The highest BCUT2D eigenvalue weighted by Crippen LogP contribution is 2.23. The van der Waals surface area contributed by atoms with Crippen molar-refractivity contribution in [3.8, 4) is 5.75 Å². The van der Waals surface area contributed by atoms with Gasteiger partial charge in [-0.05, 0) is 44.4 Å². The van der Waals surface area contributed by atoms with Gasteiger partial charge in [-0.2, -0.15) is 0 Å². The number of benzene rings is 1. The maximum Gasteiger partial charge on any atom is 0.125 e. The molecule has 0 radical (unpaired) electrons. The lowest BCUT2D eigenvalue weighted by atomic mass is 10.1. The molecule has 2 rings (SSSR count). The highest BCUT2D eigenvalue weighted by molar-refractivity contribution is 5.39. The van der Waals surface area contributed by atoms with Crippen molar-refractivity contribution in [3.05, 3.63) is 29.3 Å². The number of likely N-dealkylation sites (tertiary alicyclic amines) is 1. The number of β-amino-alcohol motifs (C(OH)–C–C–N with tert-alkyl or cyclic N) is 1. The van der Waals surface area contributed by atoms with E-state index in [-0.39, 0.29) is 0 Å². The average Bonchev–Trinajstić information content (AvgIpc) is 2.86. The van der Waals surface area contributed by atoms with Gasteiger partial charge in [-0.3, -0.25) is 4.90 Å². The summed E-state index contributed by atoms with van der Waals surface area (Å²) in [5.74, 6) is 0.895. The molecular weight excluding hydrogens is 266 g/mol. The fourth-order valence-electron chi connectivity index (χ4n) is 3.05. The molecule has 1 aliphatic rings. The maximum absolute atomic E-state index is 10.2. The molecule has 21 heavy (non-hydrogen) atoms. The number of para-hydroxylation sites is 1. The summed E-state index contributed by atoms with van der Waals surface area (Å²) >= 11 is 0. The number of aliphatic hydroxyl groups is 1. The highest BCUT2D eigenvalue weighted by atomic mass is 16.5. The van der Waals surface area contributed by atoms with E-state index < -0.39 is 6.10 Å². The Kier molecular flexibility index (Phi) is 6.03. The number of methoxy groups -OCH3 is 1. The van der Waals surface area contributed by atoms with E-state index in [1.54, 1.807) is 7.11 Å². The number of hydrogen-bond donors (Lipinski definition) is 1. The minimum Gasteiger partial charge on any atom is -0.490 e. The van der Waals surface area contributed by atoms with Crippen LogP contribution in [-0.4, -0.2) is 55.6 Å². The zero-order chi connectivity index (χ0) is 15.2. The third kappa shape index (κ3) is 4.43. The van der Waals surface area contributed by atoms with Crippen LogP contribution in [0, 0.1) is 13.8 Å². The highest BCUT2D eigenvalue weighted by Gasteiger charge is 2.26. The molecule has 4 heteroatoms. The van der Waals surface area contributed by atoms with Gasteiger partial charge < -0.3 is 14.6 Å². The van der Waals surface area contributed by atoms with Crippen LogP contribution in [0.3, 0.4) is 0 Å². The Hall–Kier alpha value is -1.10. The van der Waals surface area contributed by atoms with Crippen LogP contribution in [0.2, 0.25) is 0 Å². The minimum atomic E-state index is -0.471. The Bertz CT molecular complexity index is 429. The molecule has 1 aromatic carbocycles. The van der Waals surface area contributed by atoms with Gasteiger partial charge in [0, 0.05) is 19.7 Å². The molecule has 2 atom stereocenters. The van der Waals surface area contributed by atoms with Crippen molar-refractivity contribution >= 4 is 0 Å². The number of hydrogen-bond acceptors (Lipinski definition) is 4. The van der Waals surface area contributed by atoms with E-state index in [1.165, 1.54) is 6.42 Å². The summed E-state index contributed by atoms with van der Waals surface area (Å²) in [5, 5.41) is 10.2. The first-order valence-electron chi connectivity index (χ1n) is 7.72. The second-order valence-electron chi connectivity index (χ2n) is 5.93. The first-order valence-corrected chi connectivity index (χ1v) is 7.72. The molecule has 0 aliphatic carbocycles. The lowest BCUT2D eigenvalue weighted by Crippen LogP contribution is -2.40. The molecule has 0 spiro atoms. The Balaban J connectivity index is 1.83. The van der Waals surface area contributed by atoms with Gasteiger partial charge in [-0.25, -0.2) is 0 Å². The van der Waals surface area contributed by atoms with Crippen LogP contribution in [0.25, 0.3) is 0 Å². The van der Waals surface area contributed by atoms with Crippen LogP contribution < -0.4 is 4.74 Å². The van der Waals surface area contributed by atoms with Crippen molar-refractivity contribution in [2.45, 2.75) is 38.8 Å². The lowest BCUT2D eigenvalue weighted by Gasteiger charge is -2.26. The Morgan fingerprint density at radius 3 is 2.71 bits per heavy atom. The van der Waals surface area contributed by atoms with Crippen LogP contribution in [0.5, 0.6) is 5.75 Å². The zero-order valence-corrected chi connectivity index (χ0v) is 13.3. The molecule has 4 nitrogen and oxygen atoms in total. The van der Waals surface area contributed by atoms with Crippen LogP contribution >= 0.6 is 0 Å². The van der Waals surface area contributed by atoms with Crippen molar-refractivity contribution in [2.24, 2.45) is 0 Å². The van der Waals surface area contributed by atoms with Crippen LogP contribution in [0.1, 0.15) is 24.0 Å². The van der Waals surface area contributed by atoms with E-state index in [0.29, 0.717) is 19.2 Å². The standard InChI is InChI=1S/C17H27NO3/c1-13-6-4-7-14(2)17(13)21-12-16(19)10-18-9-5-8-15(18)11-20-3/h4,6-7,15-16,19H,5,8-12H2,1-3H3. The van der Waals surface area contributed by atoms with Gasteiger partial charge in [0.25, 0.3) is 0 Å². The Labute approximate surface area is 127 Å². The van der Waals surface area contributed by atoms with E-state index in [1.807, 2.05) is 32.0 Å². The lowest BCUT2D eigenvalue weighted by molar-refractivity contribution is 0.0456. The smallest absolute Gasteiger partial charge is 0.125 e. The summed E-state index contributed by atoms with van der Waals surface area (Å²) in [6.45, 7) is 6.83. The Morgan fingerprint density at radius 1 is 1.33 bits per heavy atom.